The number of carbonyl (C=O) groups is 2. The largest absolute Gasteiger partial charge is 0.496 e. The van der Waals surface area contributed by atoms with Crippen molar-refractivity contribution in [2.75, 3.05) is 13.7 Å². The lowest BCUT2D eigenvalue weighted by Gasteiger charge is -2.20. The van der Waals surface area contributed by atoms with E-state index in [4.69, 9.17) is 4.74 Å². The molecule has 0 aliphatic carbocycles. The second-order valence-electron chi connectivity index (χ2n) is 7.09. The molecule has 1 aromatic rings. The van der Waals surface area contributed by atoms with Gasteiger partial charge in [0.15, 0.2) is 5.78 Å². The number of aliphatic hydroxyl groups is 1. The van der Waals surface area contributed by atoms with Gasteiger partial charge in [0.05, 0.1) is 7.11 Å². The summed E-state index contributed by atoms with van der Waals surface area (Å²) in [5.74, 6) is -0.893. The predicted molar refractivity (Wildman–Crippen MR) is 107 cm³/mol. The van der Waals surface area contributed by atoms with Crippen molar-refractivity contribution in [1.82, 2.24) is 0 Å². The Morgan fingerprint density at radius 3 is 2.04 bits per heavy atom. The lowest BCUT2D eigenvalue weighted by atomic mass is 9.87. The van der Waals surface area contributed by atoms with Gasteiger partial charge in [-0.25, -0.2) is 4.79 Å². The molecule has 0 spiro atoms. The van der Waals surface area contributed by atoms with Crippen molar-refractivity contribution in [1.29, 1.82) is 0 Å². The monoisotopic (exact) mass is 378 g/mol. The molecule has 0 aliphatic heterocycles. The number of hydrogen-bond donors (Lipinski definition) is 2. The number of benzene rings is 1. The van der Waals surface area contributed by atoms with Crippen LogP contribution in [0.1, 0.15) is 95.7 Å². The van der Waals surface area contributed by atoms with Gasteiger partial charge in [-0.15, -0.1) is 0 Å². The molecule has 1 aromatic carbocycles. The highest BCUT2D eigenvalue weighted by Crippen LogP contribution is 2.35. The maximum absolute atomic E-state index is 12.9. The fourth-order valence-electron chi connectivity index (χ4n) is 3.73. The molecule has 0 amide bonds. The summed E-state index contributed by atoms with van der Waals surface area (Å²) in [6, 6.07) is 0. The van der Waals surface area contributed by atoms with Crippen LogP contribution in [0.5, 0.6) is 5.75 Å². The van der Waals surface area contributed by atoms with E-state index in [0.29, 0.717) is 23.1 Å². The summed E-state index contributed by atoms with van der Waals surface area (Å²) in [6.07, 6.45) is 8.55. The van der Waals surface area contributed by atoms with E-state index in [-0.39, 0.29) is 30.1 Å². The molecule has 2 N–H and O–H groups in total. The van der Waals surface area contributed by atoms with Crippen molar-refractivity contribution in [2.24, 2.45) is 0 Å². The molecule has 0 unspecified atom stereocenters. The molecule has 0 radical (unpaired) electrons. The zero-order valence-corrected chi connectivity index (χ0v) is 17.2. The van der Waals surface area contributed by atoms with Crippen molar-refractivity contribution >= 4 is 11.8 Å². The topological polar surface area (TPSA) is 83.8 Å². The number of aromatic carboxylic acids is 1. The number of rotatable bonds is 13. The van der Waals surface area contributed by atoms with Gasteiger partial charge in [0.1, 0.15) is 11.3 Å². The van der Waals surface area contributed by atoms with E-state index in [0.717, 1.165) is 24.8 Å². The van der Waals surface area contributed by atoms with Crippen LogP contribution < -0.4 is 4.74 Å². The molecule has 0 aromatic heterocycles. The summed E-state index contributed by atoms with van der Waals surface area (Å²) in [6.45, 7) is 5.53. The molecule has 5 heteroatoms. The zero-order chi connectivity index (χ0) is 20.4. The first kappa shape index (κ1) is 23.2. The number of methoxy groups -OCH3 is 1. The summed E-state index contributed by atoms with van der Waals surface area (Å²) in [4.78, 5) is 24.6. The van der Waals surface area contributed by atoms with Gasteiger partial charge in [-0.3, -0.25) is 4.79 Å². The molecule has 27 heavy (non-hydrogen) atoms. The molecule has 0 heterocycles. The number of carbonyl (C=O) groups excluding carboxylic acids is 1. The fraction of sp³-hybridized carbons (Fsp3) is 0.636. The van der Waals surface area contributed by atoms with Crippen molar-refractivity contribution < 1.29 is 24.5 Å². The Hall–Kier alpha value is -1.88. The molecule has 0 saturated carbocycles. The van der Waals surface area contributed by atoms with E-state index >= 15 is 0 Å². The number of carboxylic acids is 1. The molecular formula is C22H34O5. The van der Waals surface area contributed by atoms with Crippen LogP contribution in [0.3, 0.4) is 0 Å². The molecule has 0 saturated heterocycles. The van der Waals surface area contributed by atoms with Gasteiger partial charge in [0, 0.05) is 24.2 Å². The Labute approximate surface area is 162 Å². The summed E-state index contributed by atoms with van der Waals surface area (Å²) >= 11 is 0. The minimum absolute atomic E-state index is 0.0227. The highest BCUT2D eigenvalue weighted by molar-refractivity contribution is 6.04. The first-order chi connectivity index (χ1) is 12.9. The van der Waals surface area contributed by atoms with Gasteiger partial charge in [-0.1, -0.05) is 45.4 Å². The Morgan fingerprint density at radius 2 is 1.52 bits per heavy atom. The Morgan fingerprint density at radius 1 is 0.926 bits per heavy atom. The van der Waals surface area contributed by atoms with Gasteiger partial charge < -0.3 is 14.9 Å². The number of aliphatic hydroxyl groups excluding tert-OH is 1. The average molecular weight is 379 g/mol. The van der Waals surface area contributed by atoms with Crippen LogP contribution in [0, 0.1) is 13.8 Å². The number of ketones is 1. The molecule has 152 valence electrons. The van der Waals surface area contributed by atoms with Gasteiger partial charge in [-0.05, 0) is 37.8 Å². The lowest BCUT2D eigenvalue weighted by molar-refractivity contribution is 0.0692. The zero-order valence-electron chi connectivity index (χ0n) is 17.2. The van der Waals surface area contributed by atoms with E-state index < -0.39 is 5.97 Å². The standard InChI is InChI=1S/C22H34O5/c1-5-6-7-8-9-10-11-12-18(24)19-15(2)17(13-14-23)21(27-4)20(16(19)3)22(25)26/h23H,5-14H2,1-4H3,(H,25,26). The third-order valence-corrected chi connectivity index (χ3v) is 5.14. The highest BCUT2D eigenvalue weighted by atomic mass is 16.5. The predicted octanol–water partition coefficient (Wildman–Crippen LogP) is 4.87. The third kappa shape index (κ3) is 6.06. The van der Waals surface area contributed by atoms with Crippen LogP contribution in [-0.4, -0.2) is 35.7 Å². The van der Waals surface area contributed by atoms with E-state index in [1.165, 1.54) is 32.8 Å². The van der Waals surface area contributed by atoms with Crippen LogP contribution >= 0.6 is 0 Å². The van der Waals surface area contributed by atoms with Crippen molar-refractivity contribution in [2.45, 2.75) is 78.6 Å². The van der Waals surface area contributed by atoms with Crippen LogP contribution in [0.4, 0.5) is 0 Å². The maximum Gasteiger partial charge on any atom is 0.339 e. The van der Waals surface area contributed by atoms with Crippen molar-refractivity contribution in [3.05, 3.63) is 27.8 Å². The summed E-state index contributed by atoms with van der Waals surface area (Å²) in [5, 5.41) is 19.0. The number of carboxylic acid groups (broad SMARTS) is 1. The molecule has 5 nitrogen and oxygen atoms in total. The molecule has 0 fully saturated rings. The second-order valence-corrected chi connectivity index (χ2v) is 7.09. The SMILES string of the molecule is CCCCCCCCCC(=O)c1c(C)c(CCO)c(OC)c(C(=O)O)c1C. The van der Waals surface area contributed by atoms with Crippen molar-refractivity contribution in [3.63, 3.8) is 0 Å². The van der Waals surface area contributed by atoms with Crippen LogP contribution in [0.15, 0.2) is 0 Å². The molecule has 0 bridgehead atoms. The summed E-state index contributed by atoms with van der Waals surface area (Å²) < 4.78 is 5.33. The van der Waals surface area contributed by atoms with Gasteiger partial charge in [0.25, 0.3) is 0 Å². The maximum atomic E-state index is 12.9. The van der Waals surface area contributed by atoms with Crippen LogP contribution in [0.25, 0.3) is 0 Å². The third-order valence-electron chi connectivity index (χ3n) is 5.14. The van der Waals surface area contributed by atoms with E-state index in [1.807, 2.05) is 6.92 Å². The van der Waals surface area contributed by atoms with Crippen LogP contribution in [-0.2, 0) is 6.42 Å². The Bertz CT molecular complexity index is 649. The van der Waals surface area contributed by atoms with Gasteiger partial charge in [0.2, 0.25) is 0 Å². The van der Waals surface area contributed by atoms with Crippen LogP contribution in [0.2, 0.25) is 0 Å². The first-order valence-electron chi connectivity index (χ1n) is 9.97. The number of Topliss-reactive ketones (excluding diaryl/α,β-unsaturated/α-hetero) is 1. The lowest BCUT2D eigenvalue weighted by Crippen LogP contribution is -2.15. The Kier molecular flexibility index (Phi) is 10.1. The number of unbranched alkanes of at least 4 members (excludes halogenated alkanes) is 6. The highest BCUT2D eigenvalue weighted by Gasteiger charge is 2.26. The van der Waals surface area contributed by atoms with Crippen molar-refractivity contribution in [3.8, 4) is 5.75 Å². The second kappa shape index (κ2) is 11.8. The number of ether oxygens (including phenoxy) is 1. The minimum Gasteiger partial charge on any atom is -0.496 e. The minimum atomic E-state index is -1.12. The molecular weight excluding hydrogens is 344 g/mol. The fourth-order valence-corrected chi connectivity index (χ4v) is 3.73. The van der Waals surface area contributed by atoms with E-state index in [1.54, 1.807) is 6.92 Å². The quantitative estimate of drug-likeness (QED) is 0.378. The number of hydrogen-bond acceptors (Lipinski definition) is 4. The first-order valence-corrected chi connectivity index (χ1v) is 9.97. The van der Waals surface area contributed by atoms with E-state index in [9.17, 15) is 19.8 Å². The normalized spacial score (nSPS) is 10.9. The molecule has 1 rings (SSSR count). The average Bonchev–Trinajstić information content (AvgIpc) is 2.62. The summed E-state index contributed by atoms with van der Waals surface area (Å²) in [5.41, 5.74) is 2.27. The molecule has 0 atom stereocenters. The Balaban J connectivity index is 3.02. The smallest absolute Gasteiger partial charge is 0.339 e. The van der Waals surface area contributed by atoms with Gasteiger partial charge in [-0.2, -0.15) is 0 Å². The van der Waals surface area contributed by atoms with E-state index in [2.05, 4.69) is 6.92 Å². The van der Waals surface area contributed by atoms with Gasteiger partial charge >= 0.3 is 5.97 Å². The summed E-state index contributed by atoms with van der Waals surface area (Å²) in [7, 11) is 1.42. The molecule has 0 aliphatic rings.